The molecule has 0 aromatic heterocycles. The Morgan fingerprint density at radius 2 is 1.62 bits per heavy atom. The summed E-state index contributed by atoms with van der Waals surface area (Å²) in [6.07, 6.45) is 7.02. The van der Waals surface area contributed by atoms with Gasteiger partial charge in [0.15, 0.2) is 0 Å². The Labute approximate surface area is 124 Å². The number of hydrogen-bond donors (Lipinski definition) is 4. The number of aliphatic hydroxyl groups excluding tert-OH is 1. The molecule has 0 saturated heterocycles. The first-order chi connectivity index (χ1) is 9.99. The number of carbonyl (C=O) groups excluding carboxylic acids is 1. The van der Waals surface area contributed by atoms with Crippen LogP contribution in [0.3, 0.4) is 0 Å². The van der Waals surface area contributed by atoms with E-state index in [1.54, 1.807) is 0 Å². The van der Waals surface area contributed by atoms with Crippen molar-refractivity contribution in [3.05, 3.63) is 0 Å². The quantitative estimate of drug-likeness (QED) is 0.610. The number of urea groups is 1. The highest BCUT2D eigenvalue weighted by Gasteiger charge is 2.51. The summed E-state index contributed by atoms with van der Waals surface area (Å²) in [6, 6.07) is -1.43. The molecule has 0 unspecified atom stereocenters. The molecule has 4 bridgehead atoms. The second-order valence-corrected chi connectivity index (χ2v) is 7.20. The van der Waals surface area contributed by atoms with Gasteiger partial charge in [-0.3, -0.25) is 0 Å². The molecule has 4 aliphatic rings. The van der Waals surface area contributed by atoms with Gasteiger partial charge in [-0.05, 0) is 56.3 Å². The summed E-state index contributed by atoms with van der Waals surface area (Å²) in [5, 5.41) is 23.5. The summed E-state index contributed by atoms with van der Waals surface area (Å²) in [7, 11) is 0. The van der Waals surface area contributed by atoms with Crippen LogP contribution in [-0.2, 0) is 4.79 Å². The summed E-state index contributed by atoms with van der Waals surface area (Å²) in [5.41, 5.74) is -0.124. The van der Waals surface area contributed by atoms with E-state index in [-0.39, 0.29) is 18.6 Å². The van der Waals surface area contributed by atoms with Gasteiger partial charge in [0, 0.05) is 18.6 Å². The molecule has 6 heteroatoms. The zero-order chi connectivity index (χ0) is 15.0. The second-order valence-electron chi connectivity index (χ2n) is 7.20. The maximum atomic E-state index is 12.2. The molecular weight excluding hydrogens is 272 g/mol. The van der Waals surface area contributed by atoms with Gasteiger partial charge in [-0.15, -0.1) is 0 Å². The molecule has 2 amide bonds. The first-order valence-corrected chi connectivity index (χ1v) is 7.92. The largest absolute Gasteiger partial charge is 0.480 e. The van der Waals surface area contributed by atoms with Gasteiger partial charge in [-0.2, -0.15) is 0 Å². The van der Waals surface area contributed by atoms with Crippen LogP contribution in [0.15, 0.2) is 0 Å². The van der Waals surface area contributed by atoms with E-state index in [9.17, 15) is 9.59 Å². The van der Waals surface area contributed by atoms with Gasteiger partial charge in [0.1, 0.15) is 6.04 Å². The van der Waals surface area contributed by atoms with Crippen LogP contribution < -0.4 is 10.6 Å². The third kappa shape index (κ3) is 3.00. The fourth-order valence-corrected chi connectivity index (χ4v) is 5.09. The van der Waals surface area contributed by atoms with Crippen LogP contribution in [-0.4, -0.2) is 40.4 Å². The van der Waals surface area contributed by atoms with Crippen molar-refractivity contribution in [1.82, 2.24) is 10.6 Å². The van der Waals surface area contributed by atoms with E-state index in [2.05, 4.69) is 10.6 Å². The van der Waals surface area contributed by atoms with E-state index in [1.807, 2.05) is 0 Å². The highest BCUT2D eigenvalue weighted by molar-refractivity contribution is 5.82. The van der Waals surface area contributed by atoms with E-state index in [1.165, 1.54) is 19.3 Å². The van der Waals surface area contributed by atoms with E-state index >= 15 is 0 Å². The molecule has 4 N–H and O–H groups in total. The number of carboxylic acids is 1. The maximum Gasteiger partial charge on any atom is 0.326 e. The van der Waals surface area contributed by atoms with Crippen molar-refractivity contribution in [2.45, 2.75) is 56.5 Å². The zero-order valence-electron chi connectivity index (χ0n) is 12.2. The third-order valence-corrected chi connectivity index (χ3v) is 5.44. The van der Waals surface area contributed by atoms with E-state index in [4.69, 9.17) is 10.2 Å². The molecule has 1 atom stereocenters. The van der Waals surface area contributed by atoms with Crippen LogP contribution in [0.25, 0.3) is 0 Å². The minimum atomic E-state index is -1.11. The average molecular weight is 296 g/mol. The van der Waals surface area contributed by atoms with Crippen molar-refractivity contribution in [3.8, 4) is 0 Å². The number of nitrogens with one attached hydrogen (secondary N) is 2. The molecule has 4 saturated carbocycles. The molecule has 0 radical (unpaired) electrons. The van der Waals surface area contributed by atoms with Gasteiger partial charge >= 0.3 is 12.0 Å². The summed E-state index contributed by atoms with van der Waals surface area (Å²) in [4.78, 5) is 23.2. The van der Waals surface area contributed by atoms with Crippen molar-refractivity contribution in [3.63, 3.8) is 0 Å². The standard InChI is InChI=1S/C15H24N2O4/c18-2-1-12(13(19)20)16-14(21)17-15-6-9-3-10(7-15)5-11(4-9)8-15/h9-12,18H,1-8H2,(H,19,20)(H2,16,17,21)/t9?,10?,11?,12-,15?/m0/s1. The van der Waals surface area contributed by atoms with Crippen molar-refractivity contribution in [1.29, 1.82) is 0 Å². The van der Waals surface area contributed by atoms with Crippen LogP contribution in [0.5, 0.6) is 0 Å². The zero-order valence-corrected chi connectivity index (χ0v) is 12.2. The molecule has 0 aromatic carbocycles. The van der Waals surface area contributed by atoms with Crippen LogP contribution in [0.1, 0.15) is 44.9 Å². The minimum Gasteiger partial charge on any atom is -0.480 e. The number of rotatable bonds is 5. The molecule has 0 heterocycles. The molecular formula is C15H24N2O4. The molecule has 0 aromatic rings. The summed E-state index contributed by atoms with van der Waals surface area (Å²) < 4.78 is 0. The Morgan fingerprint density at radius 1 is 1.10 bits per heavy atom. The molecule has 4 aliphatic carbocycles. The van der Waals surface area contributed by atoms with Gasteiger partial charge < -0.3 is 20.8 Å². The van der Waals surface area contributed by atoms with Gasteiger partial charge in [-0.1, -0.05) is 0 Å². The Kier molecular flexibility index (Phi) is 3.82. The maximum absolute atomic E-state index is 12.2. The normalized spacial score (nSPS) is 38.0. The minimum absolute atomic E-state index is 0.0314. The van der Waals surface area contributed by atoms with Crippen LogP contribution >= 0.6 is 0 Å². The van der Waals surface area contributed by atoms with E-state index in [0.717, 1.165) is 37.0 Å². The second kappa shape index (κ2) is 5.48. The Hall–Kier alpha value is -1.30. The van der Waals surface area contributed by atoms with Crippen LogP contribution in [0.2, 0.25) is 0 Å². The summed E-state index contributed by atoms with van der Waals surface area (Å²) in [6.45, 7) is -0.255. The van der Waals surface area contributed by atoms with Crippen molar-refractivity contribution in [2.75, 3.05) is 6.61 Å². The highest BCUT2D eigenvalue weighted by atomic mass is 16.4. The lowest BCUT2D eigenvalue weighted by Crippen LogP contribution is -2.62. The number of carboxylic acid groups (broad SMARTS) is 1. The van der Waals surface area contributed by atoms with Crippen LogP contribution in [0, 0.1) is 17.8 Å². The topological polar surface area (TPSA) is 98.7 Å². The molecule has 0 spiro atoms. The highest BCUT2D eigenvalue weighted by Crippen LogP contribution is 2.55. The average Bonchev–Trinajstić information content (AvgIpc) is 2.35. The fourth-order valence-electron chi connectivity index (χ4n) is 5.09. The lowest BCUT2D eigenvalue weighted by molar-refractivity contribution is -0.139. The van der Waals surface area contributed by atoms with Crippen molar-refractivity contribution in [2.24, 2.45) is 17.8 Å². The monoisotopic (exact) mass is 296 g/mol. The Balaban J connectivity index is 1.61. The van der Waals surface area contributed by atoms with Crippen molar-refractivity contribution >= 4 is 12.0 Å². The van der Waals surface area contributed by atoms with E-state index < -0.39 is 18.0 Å². The summed E-state index contributed by atoms with van der Waals surface area (Å²) in [5.74, 6) is 1.07. The number of carbonyl (C=O) groups is 2. The molecule has 4 fully saturated rings. The van der Waals surface area contributed by atoms with Gasteiger partial charge in [0.2, 0.25) is 0 Å². The van der Waals surface area contributed by atoms with Gasteiger partial charge in [-0.25, -0.2) is 9.59 Å². The predicted molar refractivity (Wildman–Crippen MR) is 75.7 cm³/mol. The third-order valence-electron chi connectivity index (χ3n) is 5.44. The Morgan fingerprint density at radius 3 is 2.05 bits per heavy atom. The Bertz CT molecular complexity index is 402. The number of amides is 2. The van der Waals surface area contributed by atoms with E-state index in [0.29, 0.717) is 0 Å². The number of aliphatic hydroxyl groups is 1. The SMILES string of the molecule is O=C(N[C@@H](CCO)C(=O)O)NC12CC3CC(CC(C3)C1)C2. The molecule has 6 nitrogen and oxygen atoms in total. The van der Waals surface area contributed by atoms with Gasteiger partial charge in [0.05, 0.1) is 0 Å². The summed E-state index contributed by atoms with van der Waals surface area (Å²) >= 11 is 0. The first-order valence-electron chi connectivity index (χ1n) is 7.92. The number of hydrogen-bond acceptors (Lipinski definition) is 3. The predicted octanol–water partition coefficient (Wildman–Crippen LogP) is 1.09. The molecule has 21 heavy (non-hydrogen) atoms. The lowest BCUT2D eigenvalue weighted by atomic mass is 9.53. The van der Waals surface area contributed by atoms with Gasteiger partial charge in [0.25, 0.3) is 0 Å². The molecule has 0 aliphatic heterocycles. The number of aliphatic carboxylic acids is 1. The smallest absolute Gasteiger partial charge is 0.326 e. The van der Waals surface area contributed by atoms with Crippen LogP contribution in [0.4, 0.5) is 4.79 Å². The lowest BCUT2D eigenvalue weighted by Gasteiger charge is -2.56. The molecule has 4 rings (SSSR count). The molecule has 118 valence electrons. The fraction of sp³-hybridized carbons (Fsp3) is 0.867. The first kappa shape index (κ1) is 14.6. The van der Waals surface area contributed by atoms with Crippen molar-refractivity contribution < 1.29 is 19.8 Å².